The van der Waals surface area contributed by atoms with Crippen molar-refractivity contribution >= 4 is 41.5 Å². The molecule has 2 aromatic rings. The third-order valence-electron chi connectivity index (χ3n) is 4.23. The molecular formula is C18H19Cl3N2O. The average molecular weight is 386 g/mol. The van der Waals surface area contributed by atoms with Crippen molar-refractivity contribution in [2.24, 2.45) is 5.73 Å². The Morgan fingerprint density at radius 3 is 2.62 bits per heavy atom. The second-order valence-corrected chi connectivity index (χ2v) is 6.66. The first-order valence-electron chi connectivity index (χ1n) is 7.59. The number of nitrogens with two attached hydrogens (primary N) is 1. The summed E-state index contributed by atoms with van der Waals surface area (Å²) in [5, 5.41) is 1.26. The van der Waals surface area contributed by atoms with Crippen molar-refractivity contribution in [1.29, 1.82) is 0 Å². The molecule has 1 heterocycles. The van der Waals surface area contributed by atoms with E-state index in [1.54, 1.807) is 6.07 Å². The summed E-state index contributed by atoms with van der Waals surface area (Å²) in [6.45, 7) is 1.19. The number of nitrogens with zero attached hydrogens (tertiary/aromatic N) is 1. The monoisotopic (exact) mass is 384 g/mol. The zero-order valence-corrected chi connectivity index (χ0v) is 15.4. The van der Waals surface area contributed by atoms with Crippen molar-refractivity contribution in [2.45, 2.75) is 25.4 Å². The molecule has 3 rings (SSSR count). The number of carbonyl (C=O) groups excluding carboxylic acids is 1. The molecule has 0 saturated heterocycles. The summed E-state index contributed by atoms with van der Waals surface area (Å²) in [6, 6.07) is 13.1. The van der Waals surface area contributed by atoms with Crippen LogP contribution in [0.5, 0.6) is 0 Å². The molecule has 6 heteroatoms. The summed E-state index contributed by atoms with van der Waals surface area (Å²) in [7, 11) is 0. The molecule has 1 unspecified atom stereocenters. The van der Waals surface area contributed by atoms with E-state index in [1.165, 1.54) is 0 Å². The van der Waals surface area contributed by atoms with Crippen molar-refractivity contribution < 1.29 is 4.79 Å². The predicted molar refractivity (Wildman–Crippen MR) is 101 cm³/mol. The van der Waals surface area contributed by atoms with Gasteiger partial charge in [-0.05, 0) is 35.2 Å². The zero-order valence-electron chi connectivity index (χ0n) is 13.0. The van der Waals surface area contributed by atoms with Crippen LogP contribution in [0.3, 0.4) is 0 Å². The van der Waals surface area contributed by atoms with E-state index in [0.717, 1.165) is 23.1 Å². The Morgan fingerprint density at radius 1 is 1.21 bits per heavy atom. The van der Waals surface area contributed by atoms with E-state index in [4.69, 9.17) is 28.9 Å². The fourth-order valence-corrected chi connectivity index (χ4v) is 3.53. The Hall–Kier alpha value is -1.26. The number of hydrogen-bond acceptors (Lipinski definition) is 2. The SMILES string of the molecule is Cl.NC(CC(=O)N1CCc2cc(Cl)cc(Cl)c2C1)c1ccccc1. The highest BCUT2D eigenvalue weighted by atomic mass is 35.5. The first-order valence-corrected chi connectivity index (χ1v) is 8.35. The van der Waals surface area contributed by atoms with Crippen LogP contribution in [0, 0.1) is 0 Å². The van der Waals surface area contributed by atoms with Gasteiger partial charge in [-0.15, -0.1) is 12.4 Å². The highest BCUT2D eigenvalue weighted by molar-refractivity contribution is 6.35. The third kappa shape index (κ3) is 4.22. The van der Waals surface area contributed by atoms with Crippen LogP contribution in [0.2, 0.25) is 10.0 Å². The summed E-state index contributed by atoms with van der Waals surface area (Å²) in [4.78, 5) is 14.4. The molecule has 0 radical (unpaired) electrons. The summed E-state index contributed by atoms with van der Waals surface area (Å²) in [5.41, 5.74) is 9.24. The minimum Gasteiger partial charge on any atom is -0.338 e. The summed E-state index contributed by atoms with van der Waals surface area (Å²) in [6.07, 6.45) is 1.06. The second-order valence-electron chi connectivity index (χ2n) is 5.81. The van der Waals surface area contributed by atoms with Gasteiger partial charge in [-0.3, -0.25) is 4.79 Å². The molecule has 2 aromatic carbocycles. The quantitative estimate of drug-likeness (QED) is 0.851. The fourth-order valence-electron chi connectivity index (χ4n) is 2.93. The highest BCUT2D eigenvalue weighted by Gasteiger charge is 2.24. The Bertz CT molecular complexity index is 722. The normalized spacial score (nSPS) is 14.5. The van der Waals surface area contributed by atoms with Gasteiger partial charge in [0, 0.05) is 35.6 Å². The number of benzene rings is 2. The fraction of sp³-hybridized carbons (Fsp3) is 0.278. The molecule has 2 N–H and O–H groups in total. The molecule has 0 fully saturated rings. The number of amides is 1. The van der Waals surface area contributed by atoms with E-state index in [2.05, 4.69) is 0 Å². The first kappa shape index (κ1) is 19.1. The lowest BCUT2D eigenvalue weighted by molar-refractivity contribution is -0.132. The Balaban J connectivity index is 0.00000208. The van der Waals surface area contributed by atoms with E-state index in [9.17, 15) is 4.79 Å². The molecule has 128 valence electrons. The van der Waals surface area contributed by atoms with Crippen LogP contribution in [0.15, 0.2) is 42.5 Å². The minimum absolute atomic E-state index is 0. The molecule has 0 bridgehead atoms. The molecule has 0 saturated carbocycles. The zero-order chi connectivity index (χ0) is 16.4. The number of rotatable bonds is 3. The minimum atomic E-state index is -0.286. The standard InChI is InChI=1S/C18H18Cl2N2O.ClH/c19-14-8-13-6-7-22(11-15(13)16(20)9-14)18(23)10-17(21)12-4-2-1-3-5-12;/h1-5,8-9,17H,6-7,10-11,21H2;1H. The number of fused-ring (bicyclic) bond motifs is 1. The van der Waals surface area contributed by atoms with Gasteiger partial charge >= 0.3 is 0 Å². The van der Waals surface area contributed by atoms with Gasteiger partial charge in [0.15, 0.2) is 0 Å². The molecule has 1 aliphatic heterocycles. The molecule has 3 nitrogen and oxygen atoms in total. The summed E-state index contributed by atoms with van der Waals surface area (Å²) in [5.74, 6) is 0.0537. The molecule has 24 heavy (non-hydrogen) atoms. The predicted octanol–water partition coefficient (Wildman–Crippen LogP) is 4.39. The third-order valence-corrected chi connectivity index (χ3v) is 4.78. The van der Waals surface area contributed by atoms with Crippen LogP contribution in [0.1, 0.15) is 29.2 Å². The van der Waals surface area contributed by atoms with Crippen LogP contribution in [-0.2, 0) is 17.8 Å². The van der Waals surface area contributed by atoms with Crippen molar-refractivity contribution in [3.8, 4) is 0 Å². The Kier molecular flexibility index (Phi) is 6.53. The Labute approximate surface area is 158 Å². The topological polar surface area (TPSA) is 46.3 Å². The van der Waals surface area contributed by atoms with E-state index in [0.29, 0.717) is 29.6 Å². The molecule has 0 aliphatic carbocycles. The molecule has 1 amide bonds. The van der Waals surface area contributed by atoms with E-state index in [-0.39, 0.29) is 24.4 Å². The molecular weight excluding hydrogens is 367 g/mol. The van der Waals surface area contributed by atoms with Crippen LogP contribution < -0.4 is 5.73 Å². The van der Waals surface area contributed by atoms with Crippen LogP contribution in [-0.4, -0.2) is 17.4 Å². The largest absolute Gasteiger partial charge is 0.338 e. The molecule has 0 spiro atoms. The lowest BCUT2D eigenvalue weighted by Gasteiger charge is -2.30. The van der Waals surface area contributed by atoms with Gasteiger partial charge in [0.1, 0.15) is 0 Å². The van der Waals surface area contributed by atoms with Gasteiger partial charge in [0.05, 0.1) is 0 Å². The molecule has 1 atom stereocenters. The van der Waals surface area contributed by atoms with E-state index >= 15 is 0 Å². The number of carbonyl (C=O) groups is 1. The van der Waals surface area contributed by atoms with E-state index < -0.39 is 0 Å². The van der Waals surface area contributed by atoms with Crippen molar-refractivity contribution in [1.82, 2.24) is 4.90 Å². The van der Waals surface area contributed by atoms with Gasteiger partial charge in [-0.25, -0.2) is 0 Å². The summed E-state index contributed by atoms with van der Waals surface area (Å²) < 4.78 is 0. The molecule has 1 aliphatic rings. The van der Waals surface area contributed by atoms with Crippen LogP contribution in [0.4, 0.5) is 0 Å². The average Bonchev–Trinajstić information content (AvgIpc) is 2.55. The van der Waals surface area contributed by atoms with Crippen LogP contribution in [0.25, 0.3) is 0 Å². The maximum absolute atomic E-state index is 12.5. The van der Waals surface area contributed by atoms with Gasteiger partial charge in [0.2, 0.25) is 5.91 Å². The van der Waals surface area contributed by atoms with E-state index in [1.807, 2.05) is 41.3 Å². The van der Waals surface area contributed by atoms with Gasteiger partial charge in [-0.2, -0.15) is 0 Å². The van der Waals surface area contributed by atoms with Gasteiger partial charge in [0.25, 0.3) is 0 Å². The highest BCUT2D eigenvalue weighted by Crippen LogP contribution is 2.30. The maximum atomic E-state index is 12.5. The number of hydrogen-bond donors (Lipinski definition) is 1. The maximum Gasteiger partial charge on any atom is 0.224 e. The molecule has 0 aromatic heterocycles. The first-order chi connectivity index (χ1) is 11.0. The van der Waals surface area contributed by atoms with Crippen molar-refractivity contribution in [3.63, 3.8) is 0 Å². The second kappa shape index (κ2) is 8.21. The van der Waals surface area contributed by atoms with Crippen LogP contribution >= 0.6 is 35.6 Å². The smallest absolute Gasteiger partial charge is 0.224 e. The Morgan fingerprint density at radius 2 is 1.92 bits per heavy atom. The van der Waals surface area contributed by atoms with Crippen molar-refractivity contribution in [2.75, 3.05) is 6.54 Å². The lowest BCUT2D eigenvalue weighted by Crippen LogP contribution is -2.37. The van der Waals surface area contributed by atoms with Gasteiger partial charge in [-0.1, -0.05) is 53.5 Å². The number of halogens is 3. The van der Waals surface area contributed by atoms with Gasteiger partial charge < -0.3 is 10.6 Å². The summed E-state index contributed by atoms with van der Waals surface area (Å²) >= 11 is 12.3. The van der Waals surface area contributed by atoms with Crippen molar-refractivity contribution in [3.05, 3.63) is 69.2 Å². The lowest BCUT2D eigenvalue weighted by atomic mass is 9.98.